The third-order valence-electron chi connectivity index (χ3n) is 0.489. The molecule has 0 saturated heterocycles. The molecular formula is C5H10Si. The van der Waals surface area contributed by atoms with Crippen LogP contribution in [0.4, 0.5) is 0 Å². The van der Waals surface area contributed by atoms with E-state index in [1.165, 1.54) is 6.42 Å². The highest BCUT2D eigenvalue weighted by atomic mass is 28.1. The third kappa shape index (κ3) is 3.96. The first kappa shape index (κ1) is 5.96. The van der Waals surface area contributed by atoms with Crippen molar-refractivity contribution < 1.29 is 0 Å². The Labute approximate surface area is 41.3 Å². The van der Waals surface area contributed by atoms with Gasteiger partial charge in [0.05, 0.1) is 0 Å². The van der Waals surface area contributed by atoms with Gasteiger partial charge in [0.1, 0.15) is 0 Å². The minimum Gasteiger partial charge on any atom is -0.0731 e. The van der Waals surface area contributed by atoms with Crippen LogP contribution in [0.25, 0.3) is 0 Å². The van der Waals surface area contributed by atoms with Crippen LogP contribution in [0, 0.1) is 0 Å². The molecule has 0 aliphatic carbocycles. The second-order valence-electron chi connectivity index (χ2n) is 1.07. The van der Waals surface area contributed by atoms with E-state index in [-0.39, 0.29) is 0 Å². The van der Waals surface area contributed by atoms with Crippen molar-refractivity contribution in [3.8, 4) is 0 Å². The van der Waals surface area contributed by atoms with Crippen molar-refractivity contribution >= 4 is 20.1 Å². The van der Waals surface area contributed by atoms with Gasteiger partial charge in [-0.15, -0.1) is 0 Å². The molecule has 0 N–H and O–H groups in total. The highest BCUT2D eigenvalue weighted by Gasteiger charge is 1.51. The second-order valence-corrected chi connectivity index (χ2v) is 2.39. The summed E-state index contributed by atoms with van der Waals surface area (Å²) < 4.78 is 0. The Kier molecular flexibility index (Phi) is 4.92. The van der Waals surface area contributed by atoms with E-state index in [2.05, 4.69) is 25.2 Å². The molecule has 0 aliphatic rings. The lowest BCUT2D eigenvalue weighted by molar-refractivity contribution is 1.35. The lowest BCUT2D eigenvalue weighted by Gasteiger charge is -1.62. The van der Waals surface area contributed by atoms with E-state index in [9.17, 15) is 0 Å². The first-order valence-electron chi connectivity index (χ1n) is 2.27. The molecule has 0 heterocycles. The van der Waals surface area contributed by atoms with Crippen LogP contribution in [0.3, 0.4) is 0 Å². The van der Waals surface area contributed by atoms with Crippen LogP contribution in [0.5, 0.6) is 0 Å². The van der Waals surface area contributed by atoms with E-state index in [0.717, 1.165) is 8.74 Å². The van der Waals surface area contributed by atoms with Crippen LogP contribution in [-0.2, 0) is 0 Å². The van der Waals surface area contributed by atoms with Gasteiger partial charge in [-0.05, 0) is 22.1 Å². The van der Waals surface area contributed by atoms with Crippen LogP contribution < -0.4 is 0 Å². The van der Waals surface area contributed by atoms with Gasteiger partial charge in [0, 0.05) is 0 Å². The van der Waals surface area contributed by atoms with Gasteiger partial charge in [0.25, 0.3) is 0 Å². The molecule has 1 heteroatoms. The minimum absolute atomic E-state index is 0.965. The van der Waals surface area contributed by atoms with E-state index >= 15 is 0 Å². The Balaban J connectivity index is 3.18. The van der Waals surface area contributed by atoms with Gasteiger partial charge < -0.3 is 0 Å². The molecule has 0 saturated carbocycles. The van der Waals surface area contributed by atoms with E-state index in [1.807, 2.05) is 0 Å². The first-order chi connectivity index (χ1) is 2.91. The van der Waals surface area contributed by atoms with E-state index in [0.29, 0.717) is 0 Å². The van der Waals surface area contributed by atoms with Crippen LogP contribution in [0.15, 0.2) is 0 Å². The summed E-state index contributed by atoms with van der Waals surface area (Å²) in [6, 6.07) is 0. The first-order valence-corrected chi connectivity index (χ1v) is 3.42. The molecule has 0 unspecified atom stereocenters. The summed E-state index contributed by atoms with van der Waals surface area (Å²) in [5, 5.41) is 0. The maximum absolute atomic E-state index is 2.28. The summed E-state index contributed by atoms with van der Waals surface area (Å²) in [6.07, 6.45) is 1.21. The summed E-state index contributed by atoms with van der Waals surface area (Å²) in [7, 11) is 0.965. The summed E-state index contributed by atoms with van der Waals surface area (Å²) in [5.74, 6) is 0. The fraction of sp³-hybridized carbons (Fsp3) is 0.600. The SMILES string of the molecule is CC=[Si]=CCC. The van der Waals surface area contributed by atoms with Crippen molar-refractivity contribution in [2.24, 2.45) is 0 Å². The van der Waals surface area contributed by atoms with E-state index in [1.54, 1.807) is 0 Å². The summed E-state index contributed by atoms with van der Waals surface area (Å²) >= 11 is 0. The summed E-state index contributed by atoms with van der Waals surface area (Å²) in [5.41, 5.74) is 4.46. The predicted molar refractivity (Wildman–Crippen MR) is 33.8 cm³/mol. The molecule has 6 heavy (non-hydrogen) atoms. The number of rotatable bonds is 1. The smallest absolute Gasteiger partial charge is 0.0358 e. The molecule has 34 valence electrons. The maximum atomic E-state index is 2.28. The Bertz CT molecular complexity index is 68.0. The zero-order valence-corrected chi connectivity index (χ0v) is 5.36. The minimum atomic E-state index is 0.965. The van der Waals surface area contributed by atoms with Crippen LogP contribution in [0.1, 0.15) is 20.3 Å². The van der Waals surface area contributed by atoms with Crippen LogP contribution in [-0.4, -0.2) is 20.1 Å². The molecule has 0 aliphatic heterocycles. The molecule has 0 amide bonds. The van der Waals surface area contributed by atoms with Crippen molar-refractivity contribution in [3.05, 3.63) is 0 Å². The zero-order chi connectivity index (χ0) is 4.83. The summed E-state index contributed by atoms with van der Waals surface area (Å²) in [4.78, 5) is 0. The largest absolute Gasteiger partial charge is 0.0731 e. The Morgan fingerprint density at radius 2 is 2.33 bits per heavy atom. The standard InChI is InChI=1S/C5H10Si/c1-3-5-6-4-2/h4-5H,3H2,1-2H3. The Hall–Kier alpha value is -0.0431. The van der Waals surface area contributed by atoms with Gasteiger partial charge in [0.15, 0.2) is 0 Å². The van der Waals surface area contributed by atoms with Gasteiger partial charge in [0.2, 0.25) is 0 Å². The molecule has 0 atom stereocenters. The van der Waals surface area contributed by atoms with Crippen molar-refractivity contribution in [1.29, 1.82) is 0 Å². The van der Waals surface area contributed by atoms with Crippen LogP contribution in [0.2, 0.25) is 0 Å². The summed E-state index contributed by atoms with van der Waals surface area (Å²) in [6.45, 7) is 4.25. The number of hydrogen-bond donors (Lipinski definition) is 0. The monoisotopic (exact) mass is 98.1 g/mol. The van der Waals surface area contributed by atoms with Crippen molar-refractivity contribution in [1.82, 2.24) is 0 Å². The van der Waals surface area contributed by atoms with Gasteiger partial charge in [-0.25, -0.2) is 0 Å². The predicted octanol–water partition coefficient (Wildman–Crippen LogP) is 0.725. The van der Waals surface area contributed by atoms with Crippen molar-refractivity contribution in [2.75, 3.05) is 0 Å². The molecule has 0 nitrogen and oxygen atoms in total. The average molecular weight is 98.2 g/mol. The topological polar surface area (TPSA) is 0 Å². The molecule has 0 fully saturated rings. The van der Waals surface area contributed by atoms with Crippen molar-refractivity contribution in [2.45, 2.75) is 20.3 Å². The molecule has 0 aromatic rings. The lowest BCUT2D eigenvalue weighted by atomic mass is 10.6. The Morgan fingerprint density at radius 1 is 1.67 bits per heavy atom. The van der Waals surface area contributed by atoms with E-state index < -0.39 is 0 Å². The molecule has 0 spiro atoms. The fourth-order valence-corrected chi connectivity index (χ4v) is 0.707. The fourth-order valence-electron chi connectivity index (χ4n) is 0.236. The van der Waals surface area contributed by atoms with Crippen molar-refractivity contribution in [3.63, 3.8) is 0 Å². The van der Waals surface area contributed by atoms with E-state index in [4.69, 9.17) is 0 Å². The maximum Gasteiger partial charge on any atom is -0.0358 e. The molecule has 0 aromatic heterocycles. The zero-order valence-electron chi connectivity index (χ0n) is 4.36. The lowest BCUT2D eigenvalue weighted by Crippen LogP contribution is -1.70. The Morgan fingerprint density at radius 3 is 2.50 bits per heavy atom. The third-order valence-corrected chi connectivity index (χ3v) is 1.47. The molecular weight excluding hydrogens is 88.1 g/mol. The molecule has 0 aromatic carbocycles. The van der Waals surface area contributed by atoms with Crippen LogP contribution >= 0.6 is 0 Å². The van der Waals surface area contributed by atoms with Gasteiger partial charge in [-0.3, -0.25) is 0 Å². The highest BCUT2D eigenvalue weighted by molar-refractivity contribution is 6.54. The number of hydrogen-bond acceptors (Lipinski definition) is 0. The second kappa shape index (κ2) is 4.96. The molecule has 0 rings (SSSR count). The quantitative estimate of drug-likeness (QED) is 0.424. The average Bonchev–Trinajstić information content (AvgIpc) is 1.61. The van der Waals surface area contributed by atoms with Gasteiger partial charge >= 0.3 is 0 Å². The molecule has 0 bridgehead atoms. The highest BCUT2D eigenvalue weighted by Crippen LogP contribution is 1.54. The molecule has 0 radical (unpaired) electrons. The van der Waals surface area contributed by atoms with Gasteiger partial charge in [-0.1, -0.05) is 18.3 Å². The normalized spacial score (nSPS) is 6.33. The van der Waals surface area contributed by atoms with Gasteiger partial charge in [-0.2, -0.15) is 0 Å².